The van der Waals surface area contributed by atoms with E-state index in [2.05, 4.69) is 205 Å². The molecule has 0 radical (unpaired) electrons. The molecule has 0 amide bonds. The van der Waals surface area contributed by atoms with Crippen molar-refractivity contribution in [1.29, 1.82) is 0 Å². The number of hydrogen-bond acceptors (Lipinski definition) is 2. The average molecular weight is 690 g/mol. The number of furan rings is 1. The van der Waals surface area contributed by atoms with Gasteiger partial charge in [-0.1, -0.05) is 176 Å². The topological polar surface area (TPSA) is 16.4 Å². The smallest absolute Gasteiger partial charge is 0.136 e. The molecule has 1 heterocycles. The lowest BCUT2D eigenvalue weighted by atomic mass is 9.95. The SMILES string of the molecule is c1ccc(-c2ccccc2N(c2ccc(-c3ccc(-c4cccc5ccccc45)cc3)cc2)c2ccccc2-c2cccc3oc4ccccc4c23)cc1. The summed E-state index contributed by atoms with van der Waals surface area (Å²) in [6.45, 7) is 0. The maximum absolute atomic E-state index is 6.35. The fourth-order valence-electron chi connectivity index (χ4n) is 7.96. The lowest BCUT2D eigenvalue weighted by molar-refractivity contribution is 0.669. The molecular formula is C52H35NO. The van der Waals surface area contributed by atoms with Crippen molar-refractivity contribution in [3.8, 4) is 44.5 Å². The van der Waals surface area contributed by atoms with Crippen molar-refractivity contribution in [2.45, 2.75) is 0 Å². The van der Waals surface area contributed by atoms with Gasteiger partial charge in [-0.15, -0.1) is 0 Å². The van der Waals surface area contributed by atoms with Crippen LogP contribution in [-0.2, 0) is 0 Å². The molecule has 0 bridgehead atoms. The third-order valence-electron chi connectivity index (χ3n) is 10.5. The van der Waals surface area contributed by atoms with Crippen molar-refractivity contribution in [2.75, 3.05) is 4.90 Å². The minimum absolute atomic E-state index is 0.885. The summed E-state index contributed by atoms with van der Waals surface area (Å²) in [6, 6.07) is 75.8. The van der Waals surface area contributed by atoms with Crippen LogP contribution in [-0.4, -0.2) is 0 Å². The molecule has 1 aromatic heterocycles. The van der Waals surface area contributed by atoms with Crippen molar-refractivity contribution in [1.82, 2.24) is 0 Å². The molecule has 0 aliphatic carbocycles. The Balaban J connectivity index is 1.11. The summed E-state index contributed by atoms with van der Waals surface area (Å²) in [5, 5.41) is 4.76. The van der Waals surface area contributed by atoms with Crippen LogP contribution < -0.4 is 4.90 Å². The molecule has 0 saturated carbocycles. The lowest BCUT2D eigenvalue weighted by Gasteiger charge is -2.30. The van der Waals surface area contributed by atoms with Gasteiger partial charge in [0.15, 0.2) is 0 Å². The zero-order valence-electron chi connectivity index (χ0n) is 29.6. The van der Waals surface area contributed by atoms with Crippen LogP contribution in [0.1, 0.15) is 0 Å². The molecule has 0 spiro atoms. The largest absolute Gasteiger partial charge is 0.456 e. The molecule has 10 rings (SSSR count). The highest BCUT2D eigenvalue weighted by Crippen LogP contribution is 2.47. The molecule has 254 valence electrons. The van der Waals surface area contributed by atoms with Crippen molar-refractivity contribution in [3.05, 3.63) is 212 Å². The Kier molecular flexibility index (Phi) is 7.85. The molecule has 9 aromatic carbocycles. The first-order valence-electron chi connectivity index (χ1n) is 18.4. The Bertz CT molecular complexity index is 2920. The predicted octanol–water partition coefficient (Wildman–Crippen LogP) is 14.9. The van der Waals surface area contributed by atoms with Crippen LogP contribution in [0.25, 0.3) is 77.2 Å². The monoisotopic (exact) mass is 689 g/mol. The standard InChI is InChI=1S/C52H35NO/c1-2-14-39(15-3-1)44-19-6-9-24-48(44)53(49-25-10-7-20-45(49)46-23-13-27-51-52(46)47-21-8-11-26-50(47)54-51)41-34-32-37(33-35-41)36-28-30-40(31-29-36)43-22-12-17-38-16-4-5-18-42(38)43/h1-35H. The molecule has 0 atom stereocenters. The van der Waals surface area contributed by atoms with E-state index in [0.29, 0.717) is 0 Å². The second-order valence-electron chi connectivity index (χ2n) is 13.7. The lowest BCUT2D eigenvalue weighted by Crippen LogP contribution is -2.12. The van der Waals surface area contributed by atoms with Gasteiger partial charge in [0.1, 0.15) is 11.2 Å². The number of nitrogens with zero attached hydrogens (tertiary/aromatic N) is 1. The molecule has 2 nitrogen and oxygen atoms in total. The van der Waals surface area contributed by atoms with Crippen LogP contribution in [0, 0.1) is 0 Å². The third-order valence-corrected chi connectivity index (χ3v) is 10.5. The van der Waals surface area contributed by atoms with Crippen LogP contribution >= 0.6 is 0 Å². The van der Waals surface area contributed by atoms with Gasteiger partial charge in [-0.3, -0.25) is 0 Å². The molecule has 0 fully saturated rings. The predicted molar refractivity (Wildman–Crippen MR) is 228 cm³/mol. The fourth-order valence-corrected chi connectivity index (χ4v) is 7.96. The molecule has 0 unspecified atom stereocenters. The quantitative estimate of drug-likeness (QED) is 0.166. The van der Waals surface area contributed by atoms with Gasteiger partial charge in [0.05, 0.1) is 11.4 Å². The van der Waals surface area contributed by atoms with Crippen LogP contribution in [0.2, 0.25) is 0 Å². The first-order valence-corrected chi connectivity index (χ1v) is 18.4. The second kappa shape index (κ2) is 13.4. The van der Waals surface area contributed by atoms with Gasteiger partial charge in [0.25, 0.3) is 0 Å². The second-order valence-corrected chi connectivity index (χ2v) is 13.7. The number of para-hydroxylation sites is 3. The molecular weight excluding hydrogens is 655 g/mol. The summed E-state index contributed by atoms with van der Waals surface area (Å²) in [5.41, 5.74) is 14.5. The van der Waals surface area contributed by atoms with Crippen LogP contribution in [0.4, 0.5) is 17.1 Å². The van der Waals surface area contributed by atoms with Crippen LogP contribution in [0.3, 0.4) is 0 Å². The van der Waals surface area contributed by atoms with Gasteiger partial charge in [-0.2, -0.15) is 0 Å². The summed E-state index contributed by atoms with van der Waals surface area (Å²) >= 11 is 0. The molecule has 54 heavy (non-hydrogen) atoms. The summed E-state index contributed by atoms with van der Waals surface area (Å²) in [5.74, 6) is 0. The van der Waals surface area contributed by atoms with Crippen LogP contribution in [0.5, 0.6) is 0 Å². The van der Waals surface area contributed by atoms with E-state index < -0.39 is 0 Å². The molecule has 0 aliphatic rings. The molecule has 10 aromatic rings. The van der Waals surface area contributed by atoms with E-state index in [-0.39, 0.29) is 0 Å². The van der Waals surface area contributed by atoms with E-state index in [1.165, 1.54) is 38.6 Å². The van der Waals surface area contributed by atoms with E-state index in [4.69, 9.17) is 4.42 Å². The zero-order chi connectivity index (χ0) is 35.8. The Morgan fingerprint density at radius 2 is 0.796 bits per heavy atom. The number of fused-ring (bicyclic) bond motifs is 4. The third kappa shape index (κ3) is 5.53. The molecule has 0 N–H and O–H groups in total. The van der Waals surface area contributed by atoms with Crippen molar-refractivity contribution >= 4 is 49.8 Å². The fraction of sp³-hybridized carbons (Fsp3) is 0. The summed E-state index contributed by atoms with van der Waals surface area (Å²) in [7, 11) is 0. The normalized spacial score (nSPS) is 11.3. The summed E-state index contributed by atoms with van der Waals surface area (Å²) in [6.07, 6.45) is 0. The highest BCUT2D eigenvalue weighted by Gasteiger charge is 2.22. The van der Waals surface area contributed by atoms with Gasteiger partial charge in [0, 0.05) is 27.6 Å². The number of rotatable bonds is 7. The molecule has 2 heteroatoms. The Morgan fingerprint density at radius 3 is 1.59 bits per heavy atom. The number of benzene rings is 9. The number of hydrogen-bond donors (Lipinski definition) is 0. The van der Waals surface area contributed by atoms with E-state index in [0.717, 1.165) is 55.7 Å². The zero-order valence-corrected chi connectivity index (χ0v) is 29.6. The van der Waals surface area contributed by atoms with E-state index in [9.17, 15) is 0 Å². The Morgan fingerprint density at radius 1 is 0.296 bits per heavy atom. The van der Waals surface area contributed by atoms with E-state index in [1.54, 1.807) is 0 Å². The van der Waals surface area contributed by atoms with Crippen LogP contribution in [0.15, 0.2) is 217 Å². The van der Waals surface area contributed by atoms with Crippen molar-refractivity contribution < 1.29 is 4.42 Å². The maximum Gasteiger partial charge on any atom is 0.136 e. The van der Waals surface area contributed by atoms with Gasteiger partial charge in [0.2, 0.25) is 0 Å². The first kappa shape index (κ1) is 31.6. The van der Waals surface area contributed by atoms with Gasteiger partial charge >= 0.3 is 0 Å². The van der Waals surface area contributed by atoms with Crippen molar-refractivity contribution in [2.24, 2.45) is 0 Å². The van der Waals surface area contributed by atoms with E-state index >= 15 is 0 Å². The average Bonchev–Trinajstić information content (AvgIpc) is 3.64. The van der Waals surface area contributed by atoms with Gasteiger partial charge in [-0.25, -0.2) is 0 Å². The van der Waals surface area contributed by atoms with Gasteiger partial charge in [-0.05, 0) is 80.6 Å². The van der Waals surface area contributed by atoms with Crippen molar-refractivity contribution in [3.63, 3.8) is 0 Å². The Labute approximate surface area is 314 Å². The Hall–Kier alpha value is -7.16. The highest BCUT2D eigenvalue weighted by molar-refractivity contribution is 6.14. The molecule has 0 saturated heterocycles. The summed E-state index contributed by atoms with van der Waals surface area (Å²) in [4.78, 5) is 2.41. The molecule has 0 aliphatic heterocycles. The highest BCUT2D eigenvalue weighted by atomic mass is 16.3. The van der Waals surface area contributed by atoms with E-state index in [1.807, 2.05) is 12.1 Å². The maximum atomic E-state index is 6.35. The minimum atomic E-state index is 0.885. The summed E-state index contributed by atoms with van der Waals surface area (Å²) < 4.78 is 6.35. The first-order chi connectivity index (χ1) is 26.8. The minimum Gasteiger partial charge on any atom is -0.456 e. The number of anilines is 3. The van der Waals surface area contributed by atoms with Gasteiger partial charge < -0.3 is 9.32 Å².